The van der Waals surface area contributed by atoms with Crippen molar-refractivity contribution in [2.45, 2.75) is 12.8 Å². The summed E-state index contributed by atoms with van der Waals surface area (Å²) in [7, 11) is 0. The summed E-state index contributed by atoms with van der Waals surface area (Å²) >= 11 is 12.9. The van der Waals surface area contributed by atoms with Crippen molar-refractivity contribution in [3.8, 4) is 0 Å². The number of hydrogen-bond donors (Lipinski definition) is 0. The normalized spacial score (nSPS) is 12.4. The quantitative estimate of drug-likeness (QED) is 0.288. The molecule has 0 radical (unpaired) electrons. The van der Waals surface area contributed by atoms with E-state index < -0.39 is 0 Å². The lowest BCUT2D eigenvalue weighted by Gasteiger charge is -2.40. The Labute approximate surface area is 199 Å². The van der Waals surface area contributed by atoms with Crippen LogP contribution < -0.4 is 9.80 Å². The molecule has 0 N–H and O–H groups in total. The lowest BCUT2D eigenvalue weighted by atomic mass is 10.0. The molecule has 1 aliphatic heterocycles. The van der Waals surface area contributed by atoms with E-state index in [4.69, 9.17) is 23.2 Å². The van der Waals surface area contributed by atoms with Crippen LogP contribution in [0.3, 0.4) is 0 Å². The van der Waals surface area contributed by atoms with Gasteiger partial charge in [0.15, 0.2) is 0 Å². The number of anilines is 4. The minimum atomic E-state index is 0.826. The van der Waals surface area contributed by atoms with E-state index in [9.17, 15) is 0 Å². The van der Waals surface area contributed by atoms with Gasteiger partial charge in [0.25, 0.3) is 0 Å². The number of nitrogens with zero attached hydrogens (tertiary/aromatic N) is 2. The van der Waals surface area contributed by atoms with E-state index >= 15 is 0 Å². The van der Waals surface area contributed by atoms with Crippen LogP contribution in [0, 0.1) is 0 Å². The molecule has 5 rings (SSSR count). The number of para-hydroxylation sites is 4. The first-order valence-corrected chi connectivity index (χ1v) is 11.7. The van der Waals surface area contributed by atoms with Gasteiger partial charge in [-0.15, -0.1) is 0 Å². The summed E-state index contributed by atoms with van der Waals surface area (Å²) < 4.78 is 0. The van der Waals surface area contributed by atoms with Crippen LogP contribution in [0.2, 0.25) is 10.0 Å². The first-order valence-electron chi connectivity index (χ1n) is 10.9. The molecule has 32 heavy (non-hydrogen) atoms. The highest BCUT2D eigenvalue weighted by Crippen LogP contribution is 2.47. The van der Waals surface area contributed by atoms with E-state index in [1.54, 1.807) is 0 Å². The molecule has 0 aliphatic carbocycles. The summed E-state index contributed by atoms with van der Waals surface area (Å²) in [5, 5.41) is 1.65. The summed E-state index contributed by atoms with van der Waals surface area (Å²) in [4.78, 5) is 4.83. The third kappa shape index (κ3) is 4.09. The Hall–Kier alpha value is -2.94. The van der Waals surface area contributed by atoms with Crippen LogP contribution in [0.15, 0.2) is 97.1 Å². The Morgan fingerprint density at radius 3 is 1.09 bits per heavy atom. The van der Waals surface area contributed by atoms with Crippen LogP contribution in [0.4, 0.5) is 22.7 Å². The molecule has 2 nitrogen and oxygen atoms in total. The van der Waals surface area contributed by atoms with Gasteiger partial charge in [-0.05, 0) is 60.4 Å². The largest absolute Gasteiger partial charge is 0.338 e. The number of fused-ring (bicyclic) bond motifs is 2. The maximum atomic E-state index is 6.44. The van der Waals surface area contributed by atoms with Crippen LogP contribution in [0.1, 0.15) is 11.1 Å². The molecule has 0 aromatic heterocycles. The van der Waals surface area contributed by atoms with E-state index in [1.165, 1.54) is 33.9 Å². The molecule has 0 bridgehead atoms. The Morgan fingerprint density at radius 2 is 0.750 bits per heavy atom. The van der Waals surface area contributed by atoms with Gasteiger partial charge in [-0.3, -0.25) is 0 Å². The van der Waals surface area contributed by atoms with Crippen LogP contribution >= 0.6 is 23.2 Å². The molecular formula is C28H24Cl2N2. The molecule has 0 spiro atoms. The molecular weight excluding hydrogens is 435 g/mol. The van der Waals surface area contributed by atoms with Crippen molar-refractivity contribution >= 4 is 46.0 Å². The van der Waals surface area contributed by atoms with Crippen LogP contribution in [0.25, 0.3) is 0 Å². The van der Waals surface area contributed by atoms with E-state index in [0.717, 1.165) is 36.0 Å². The predicted octanol–water partition coefficient (Wildman–Crippen LogP) is 8.07. The van der Waals surface area contributed by atoms with Crippen molar-refractivity contribution in [3.05, 3.63) is 118 Å². The van der Waals surface area contributed by atoms with Crippen molar-refractivity contribution in [1.82, 2.24) is 0 Å². The van der Waals surface area contributed by atoms with Crippen LogP contribution in [0.5, 0.6) is 0 Å². The summed E-state index contributed by atoms with van der Waals surface area (Å²) in [6.45, 7) is 1.71. The molecule has 0 atom stereocenters. The molecule has 0 unspecified atom stereocenters. The summed E-state index contributed by atoms with van der Waals surface area (Å²) in [5.74, 6) is 0. The minimum Gasteiger partial charge on any atom is -0.338 e. The highest BCUT2D eigenvalue weighted by atomic mass is 35.5. The van der Waals surface area contributed by atoms with Gasteiger partial charge in [-0.2, -0.15) is 0 Å². The van der Waals surface area contributed by atoms with Gasteiger partial charge < -0.3 is 9.80 Å². The lowest BCUT2D eigenvalue weighted by Crippen LogP contribution is -2.32. The number of rotatable bonds is 6. The Bertz CT molecular complexity index is 1090. The van der Waals surface area contributed by atoms with Crippen LogP contribution in [-0.2, 0) is 12.8 Å². The fourth-order valence-electron chi connectivity index (χ4n) is 4.45. The second-order valence-corrected chi connectivity index (χ2v) is 8.78. The topological polar surface area (TPSA) is 6.48 Å². The van der Waals surface area contributed by atoms with E-state index in [0.29, 0.717) is 0 Å². The number of hydrogen-bond acceptors (Lipinski definition) is 2. The zero-order chi connectivity index (χ0) is 21.9. The van der Waals surface area contributed by atoms with Gasteiger partial charge in [-0.25, -0.2) is 0 Å². The molecule has 1 heterocycles. The van der Waals surface area contributed by atoms with E-state index in [2.05, 4.69) is 82.6 Å². The predicted molar refractivity (Wildman–Crippen MR) is 137 cm³/mol. The molecule has 0 amide bonds. The molecule has 4 aromatic carbocycles. The molecule has 0 saturated carbocycles. The fraction of sp³-hybridized carbons (Fsp3) is 0.143. The Kier molecular flexibility index (Phi) is 6.07. The maximum Gasteiger partial charge on any atom is 0.0652 e. The minimum absolute atomic E-state index is 0.826. The second-order valence-electron chi connectivity index (χ2n) is 7.96. The maximum absolute atomic E-state index is 6.44. The van der Waals surface area contributed by atoms with Crippen molar-refractivity contribution in [2.24, 2.45) is 0 Å². The van der Waals surface area contributed by atoms with Gasteiger partial charge in [0, 0.05) is 23.1 Å². The summed E-state index contributed by atoms with van der Waals surface area (Å²) in [6, 6.07) is 33.5. The average molecular weight is 459 g/mol. The van der Waals surface area contributed by atoms with E-state index in [-0.39, 0.29) is 0 Å². The van der Waals surface area contributed by atoms with Crippen molar-refractivity contribution in [3.63, 3.8) is 0 Å². The van der Waals surface area contributed by atoms with Gasteiger partial charge in [0.1, 0.15) is 0 Å². The van der Waals surface area contributed by atoms with Gasteiger partial charge >= 0.3 is 0 Å². The zero-order valence-electron chi connectivity index (χ0n) is 17.7. The molecule has 1 aliphatic rings. The number of benzene rings is 4. The van der Waals surface area contributed by atoms with Gasteiger partial charge in [-0.1, -0.05) is 83.9 Å². The Balaban J connectivity index is 1.48. The molecule has 0 saturated heterocycles. The highest BCUT2D eigenvalue weighted by Gasteiger charge is 2.27. The third-order valence-electron chi connectivity index (χ3n) is 6.05. The summed E-state index contributed by atoms with van der Waals surface area (Å²) in [6.07, 6.45) is 1.75. The summed E-state index contributed by atoms with van der Waals surface area (Å²) in [5.41, 5.74) is 7.22. The first kappa shape index (κ1) is 20.9. The number of halogens is 2. The molecule has 0 fully saturated rings. The lowest BCUT2D eigenvalue weighted by molar-refractivity contribution is 0.863. The monoisotopic (exact) mass is 458 g/mol. The Morgan fingerprint density at radius 1 is 0.438 bits per heavy atom. The fourth-order valence-corrected chi connectivity index (χ4v) is 4.91. The van der Waals surface area contributed by atoms with Crippen molar-refractivity contribution in [2.75, 3.05) is 22.9 Å². The molecule has 4 aromatic rings. The van der Waals surface area contributed by atoms with Crippen LogP contribution in [-0.4, -0.2) is 13.1 Å². The average Bonchev–Trinajstić information content (AvgIpc) is 2.83. The third-order valence-corrected chi connectivity index (χ3v) is 6.79. The van der Waals surface area contributed by atoms with Gasteiger partial charge in [0.05, 0.1) is 22.7 Å². The second kappa shape index (κ2) is 9.28. The molecule has 4 heteroatoms. The standard InChI is InChI=1S/C28H24Cl2N2/c29-23-11-3-1-9-21(23)17-19-31-25-13-5-7-15-27(25)32(28-16-8-6-14-26(28)31)20-18-22-10-2-4-12-24(22)30/h1-16H,17-20H2. The zero-order valence-corrected chi connectivity index (χ0v) is 19.2. The molecule has 160 valence electrons. The smallest absolute Gasteiger partial charge is 0.0652 e. The van der Waals surface area contributed by atoms with Crippen molar-refractivity contribution in [1.29, 1.82) is 0 Å². The van der Waals surface area contributed by atoms with Gasteiger partial charge in [0.2, 0.25) is 0 Å². The van der Waals surface area contributed by atoms with Crippen molar-refractivity contribution < 1.29 is 0 Å². The van der Waals surface area contributed by atoms with E-state index in [1.807, 2.05) is 24.3 Å². The first-order chi connectivity index (χ1) is 15.7. The SMILES string of the molecule is Clc1ccccc1CCN1c2ccccc2N(CCc2ccccc2Cl)c2ccccc21. The highest BCUT2D eigenvalue weighted by molar-refractivity contribution is 6.31.